The van der Waals surface area contributed by atoms with Gasteiger partial charge in [-0.1, -0.05) is 0 Å². The van der Waals surface area contributed by atoms with Gasteiger partial charge in [0.05, 0.1) is 0 Å². The molecule has 184 valence electrons. The SMILES string of the molecule is CC(C)(C)Oc1ccccc1[O][Zr]([O]c1ccccc1OC(C)(C)C)([CH]1C=CC=C1)[CH]1C=CC=C1. The summed E-state index contributed by atoms with van der Waals surface area (Å²) in [5, 5.41) is 0. The van der Waals surface area contributed by atoms with E-state index in [9.17, 15) is 0 Å². The summed E-state index contributed by atoms with van der Waals surface area (Å²) < 4.78 is 27.0. The second-order valence-electron chi connectivity index (χ2n) is 10.8. The van der Waals surface area contributed by atoms with E-state index in [2.05, 4.69) is 48.6 Å². The van der Waals surface area contributed by atoms with Crippen molar-refractivity contribution in [1.29, 1.82) is 0 Å². The van der Waals surface area contributed by atoms with Gasteiger partial charge in [-0.25, -0.2) is 0 Å². The van der Waals surface area contributed by atoms with Crippen molar-refractivity contribution < 1.29 is 36.2 Å². The summed E-state index contributed by atoms with van der Waals surface area (Å²) in [5.41, 5.74) is -0.710. The van der Waals surface area contributed by atoms with Crippen LogP contribution >= 0.6 is 0 Å². The quantitative estimate of drug-likeness (QED) is 0.331. The Labute approximate surface area is 215 Å². The fourth-order valence-corrected chi connectivity index (χ4v) is 12.9. The van der Waals surface area contributed by atoms with Crippen molar-refractivity contribution in [3.05, 3.63) is 97.1 Å². The van der Waals surface area contributed by atoms with Crippen molar-refractivity contribution in [3.8, 4) is 23.0 Å². The minimum atomic E-state index is -4.17. The summed E-state index contributed by atoms with van der Waals surface area (Å²) in [4.78, 5) is 0. The van der Waals surface area contributed by atoms with E-state index in [4.69, 9.17) is 15.1 Å². The Bertz CT molecular complexity index is 1030. The second kappa shape index (κ2) is 10.2. The third-order valence-electron chi connectivity index (χ3n) is 5.49. The molecule has 0 saturated carbocycles. The Hall–Kier alpha value is -2.52. The van der Waals surface area contributed by atoms with Gasteiger partial charge in [0, 0.05) is 0 Å². The predicted octanol–water partition coefficient (Wildman–Crippen LogP) is 8.31. The number of ether oxygens (including phenoxy) is 2. The van der Waals surface area contributed by atoms with Crippen LogP contribution in [0.2, 0.25) is 7.25 Å². The van der Waals surface area contributed by atoms with E-state index in [1.54, 1.807) is 0 Å². The van der Waals surface area contributed by atoms with E-state index in [0.29, 0.717) is 0 Å². The van der Waals surface area contributed by atoms with Crippen LogP contribution < -0.4 is 15.1 Å². The Morgan fingerprint density at radius 3 is 1.14 bits per heavy atom. The third kappa shape index (κ3) is 6.38. The molecule has 0 N–H and O–H groups in total. The van der Waals surface area contributed by atoms with Crippen LogP contribution in [0.25, 0.3) is 0 Å². The van der Waals surface area contributed by atoms with Crippen molar-refractivity contribution in [3.63, 3.8) is 0 Å². The summed E-state index contributed by atoms with van der Waals surface area (Å²) in [7, 11) is 0. The molecule has 0 atom stereocenters. The summed E-state index contributed by atoms with van der Waals surface area (Å²) >= 11 is -4.17. The van der Waals surface area contributed by atoms with E-state index >= 15 is 0 Å². The summed E-state index contributed by atoms with van der Waals surface area (Å²) in [6, 6.07) is 15.8. The molecule has 0 aromatic heterocycles. The molecule has 2 aromatic rings. The van der Waals surface area contributed by atoms with Crippen LogP contribution in [0.15, 0.2) is 97.1 Å². The van der Waals surface area contributed by atoms with Crippen LogP contribution in [0.4, 0.5) is 0 Å². The zero-order valence-corrected chi connectivity index (χ0v) is 24.0. The first-order chi connectivity index (χ1) is 16.6. The second-order valence-corrected chi connectivity index (χ2v) is 18.7. The molecule has 2 aliphatic carbocycles. The number of allylic oxidation sites excluding steroid dienone is 8. The fourth-order valence-electron chi connectivity index (χ4n) is 4.16. The van der Waals surface area contributed by atoms with Crippen molar-refractivity contribution >= 4 is 0 Å². The maximum absolute atomic E-state index is 7.14. The molecule has 0 unspecified atom stereocenters. The monoisotopic (exact) mass is 550 g/mol. The molecule has 2 aliphatic rings. The molecular formula is C30H36O4Zr. The molecule has 4 nitrogen and oxygen atoms in total. The topological polar surface area (TPSA) is 36.9 Å². The number of para-hydroxylation sites is 4. The minimum absolute atomic E-state index is 0.0621. The molecule has 5 heteroatoms. The number of hydrogen-bond donors (Lipinski definition) is 0. The van der Waals surface area contributed by atoms with Crippen LogP contribution in [-0.2, 0) is 21.1 Å². The van der Waals surface area contributed by atoms with Gasteiger partial charge in [0.2, 0.25) is 0 Å². The average Bonchev–Trinajstić information content (AvgIpc) is 3.49. The molecular weight excluding hydrogens is 516 g/mol. The van der Waals surface area contributed by atoms with Crippen LogP contribution in [0.5, 0.6) is 23.0 Å². The molecule has 0 heterocycles. The molecule has 0 radical (unpaired) electrons. The normalized spacial score (nSPS) is 16.2. The van der Waals surface area contributed by atoms with E-state index in [1.807, 2.05) is 90.1 Å². The van der Waals surface area contributed by atoms with E-state index in [1.165, 1.54) is 0 Å². The summed E-state index contributed by atoms with van der Waals surface area (Å²) in [6.45, 7) is 12.3. The standard InChI is InChI=1S/2C10H14O2.2C5H5.Zr/c2*1-10(2,3)12-9-7-5-4-6-8(9)11;2*1-2-4-5-3-1;/h2*4-7,11H,1-3H3;2*1-5H;/q;;;;+2/p-2. The van der Waals surface area contributed by atoms with Gasteiger partial charge in [-0.05, 0) is 0 Å². The Morgan fingerprint density at radius 2 is 0.829 bits per heavy atom. The molecule has 0 saturated heterocycles. The molecule has 35 heavy (non-hydrogen) atoms. The molecule has 4 rings (SSSR count). The number of benzene rings is 2. The Morgan fingerprint density at radius 1 is 0.514 bits per heavy atom. The zero-order chi connectivity index (χ0) is 25.1. The van der Waals surface area contributed by atoms with Gasteiger partial charge in [0.25, 0.3) is 0 Å². The van der Waals surface area contributed by atoms with Gasteiger partial charge in [-0.3, -0.25) is 0 Å². The van der Waals surface area contributed by atoms with Crippen LogP contribution in [0, 0.1) is 0 Å². The van der Waals surface area contributed by atoms with Crippen molar-refractivity contribution in [2.45, 2.75) is 60.0 Å². The van der Waals surface area contributed by atoms with E-state index in [-0.39, 0.29) is 18.5 Å². The molecule has 0 spiro atoms. The van der Waals surface area contributed by atoms with Crippen molar-refractivity contribution in [2.24, 2.45) is 0 Å². The zero-order valence-electron chi connectivity index (χ0n) is 21.5. The van der Waals surface area contributed by atoms with Gasteiger partial charge >= 0.3 is 216 Å². The number of rotatable bonds is 8. The van der Waals surface area contributed by atoms with Crippen LogP contribution in [-0.4, -0.2) is 11.2 Å². The van der Waals surface area contributed by atoms with Gasteiger partial charge in [0.15, 0.2) is 0 Å². The molecule has 0 aliphatic heterocycles. The van der Waals surface area contributed by atoms with Crippen molar-refractivity contribution in [1.82, 2.24) is 0 Å². The van der Waals surface area contributed by atoms with Crippen LogP contribution in [0.1, 0.15) is 41.5 Å². The number of hydrogen-bond acceptors (Lipinski definition) is 4. The molecule has 2 aromatic carbocycles. The van der Waals surface area contributed by atoms with Crippen LogP contribution in [0.3, 0.4) is 0 Å². The molecule has 0 amide bonds. The third-order valence-corrected chi connectivity index (χ3v) is 14.6. The first-order valence-electron chi connectivity index (χ1n) is 12.2. The van der Waals surface area contributed by atoms with Gasteiger partial charge in [-0.15, -0.1) is 0 Å². The summed E-state index contributed by atoms with van der Waals surface area (Å²) in [5.74, 6) is 2.88. The fraction of sp³-hybridized carbons (Fsp3) is 0.333. The van der Waals surface area contributed by atoms with E-state index in [0.717, 1.165) is 23.0 Å². The van der Waals surface area contributed by atoms with Gasteiger partial charge in [0.1, 0.15) is 0 Å². The van der Waals surface area contributed by atoms with Gasteiger partial charge in [-0.2, -0.15) is 0 Å². The Balaban J connectivity index is 1.82. The first kappa shape index (κ1) is 25.6. The van der Waals surface area contributed by atoms with E-state index < -0.39 is 21.1 Å². The molecule has 0 fully saturated rings. The van der Waals surface area contributed by atoms with Crippen molar-refractivity contribution in [2.75, 3.05) is 0 Å². The van der Waals surface area contributed by atoms with Gasteiger partial charge < -0.3 is 0 Å². The maximum atomic E-state index is 7.14. The average molecular weight is 552 g/mol. The first-order valence-corrected chi connectivity index (χ1v) is 17.0. The Kier molecular flexibility index (Phi) is 7.47. The molecule has 0 bridgehead atoms. The predicted molar refractivity (Wildman–Crippen MR) is 139 cm³/mol. The summed E-state index contributed by atoms with van der Waals surface area (Å²) in [6.07, 6.45) is 17.2.